The van der Waals surface area contributed by atoms with E-state index < -0.39 is 22.8 Å². The van der Waals surface area contributed by atoms with Crippen molar-refractivity contribution in [3.63, 3.8) is 0 Å². The molecule has 2 fully saturated rings. The minimum absolute atomic E-state index is 0.0271. The summed E-state index contributed by atoms with van der Waals surface area (Å²) in [6, 6.07) is 4.24. The van der Waals surface area contributed by atoms with Crippen LogP contribution in [0.3, 0.4) is 0 Å². The van der Waals surface area contributed by atoms with E-state index in [9.17, 15) is 14.3 Å². The van der Waals surface area contributed by atoms with E-state index in [1.54, 1.807) is 26.8 Å². The number of carbonyl (C=O) groups is 1. The second-order valence-corrected chi connectivity index (χ2v) is 9.05. The summed E-state index contributed by atoms with van der Waals surface area (Å²) in [6.07, 6.45) is 4.00. The predicted molar refractivity (Wildman–Crippen MR) is 98.3 cm³/mol. The van der Waals surface area contributed by atoms with Gasteiger partial charge in [-0.05, 0) is 76.6 Å². The lowest BCUT2D eigenvalue weighted by atomic mass is 9.66. The van der Waals surface area contributed by atoms with Crippen molar-refractivity contribution in [1.29, 1.82) is 0 Å². The maximum Gasteiger partial charge on any atom is 0.316 e. The quantitative estimate of drug-likeness (QED) is 0.634. The van der Waals surface area contributed by atoms with Crippen molar-refractivity contribution in [3.05, 3.63) is 29.6 Å². The van der Waals surface area contributed by atoms with Crippen LogP contribution < -0.4 is 10.1 Å². The number of rotatable bonds is 4. The molecule has 2 aliphatic rings. The number of aliphatic hydroxyl groups is 1. The SMILES string of the molecule is CNC[C@H]1[C@H]2CC[C@H](C2)C[C@]1(O)c1cc(F)cc(OC(=O)C(C)(C)C)c1. The van der Waals surface area contributed by atoms with E-state index in [0.29, 0.717) is 30.4 Å². The molecular weight excluding hydrogens is 333 g/mol. The average molecular weight is 363 g/mol. The second kappa shape index (κ2) is 6.93. The number of hydrogen-bond donors (Lipinski definition) is 2. The monoisotopic (exact) mass is 363 g/mol. The lowest BCUT2D eigenvalue weighted by Gasteiger charge is -2.44. The molecule has 0 radical (unpaired) electrons. The summed E-state index contributed by atoms with van der Waals surface area (Å²) in [5.74, 6) is 0.191. The first-order chi connectivity index (χ1) is 12.1. The van der Waals surface area contributed by atoms with Crippen LogP contribution in [0.5, 0.6) is 5.75 Å². The molecule has 2 N–H and O–H groups in total. The molecule has 0 heterocycles. The van der Waals surface area contributed by atoms with Gasteiger partial charge in [0.15, 0.2) is 0 Å². The third kappa shape index (κ3) is 3.65. The van der Waals surface area contributed by atoms with Crippen LogP contribution in [0.2, 0.25) is 0 Å². The number of ether oxygens (including phenoxy) is 1. The third-order valence-corrected chi connectivity index (χ3v) is 5.98. The molecule has 1 aromatic rings. The fourth-order valence-electron chi connectivity index (χ4n) is 4.66. The molecule has 2 saturated carbocycles. The molecule has 0 saturated heterocycles. The molecule has 0 spiro atoms. The van der Waals surface area contributed by atoms with Crippen LogP contribution in [0, 0.1) is 29.0 Å². The highest BCUT2D eigenvalue weighted by Gasteiger charge is 2.51. The minimum atomic E-state index is -1.10. The Bertz CT molecular complexity index is 684. The highest BCUT2D eigenvalue weighted by atomic mass is 19.1. The van der Waals surface area contributed by atoms with Crippen LogP contribution in [0.1, 0.15) is 52.0 Å². The lowest BCUT2D eigenvalue weighted by Crippen LogP contribution is -2.47. The van der Waals surface area contributed by atoms with Crippen molar-refractivity contribution >= 4 is 5.97 Å². The van der Waals surface area contributed by atoms with Gasteiger partial charge in [-0.3, -0.25) is 4.79 Å². The van der Waals surface area contributed by atoms with E-state index in [-0.39, 0.29) is 11.7 Å². The van der Waals surface area contributed by atoms with E-state index >= 15 is 0 Å². The van der Waals surface area contributed by atoms with Gasteiger partial charge in [0.05, 0.1) is 11.0 Å². The maximum absolute atomic E-state index is 14.3. The topological polar surface area (TPSA) is 58.6 Å². The largest absolute Gasteiger partial charge is 0.426 e. The Kier molecular flexibility index (Phi) is 5.15. The van der Waals surface area contributed by atoms with E-state index in [0.717, 1.165) is 19.3 Å². The van der Waals surface area contributed by atoms with Gasteiger partial charge < -0.3 is 15.2 Å². The number of hydrogen-bond acceptors (Lipinski definition) is 4. The number of fused-ring (bicyclic) bond motifs is 2. The highest BCUT2D eigenvalue weighted by Crippen LogP contribution is 2.54. The van der Waals surface area contributed by atoms with Crippen molar-refractivity contribution in [1.82, 2.24) is 5.32 Å². The maximum atomic E-state index is 14.3. The van der Waals surface area contributed by atoms with Gasteiger partial charge in [-0.1, -0.05) is 6.42 Å². The van der Waals surface area contributed by atoms with E-state index in [2.05, 4.69) is 5.32 Å². The van der Waals surface area contributed by atoms with Gasteiger partial charge in [0.2, 0.25) is 0 Å². The Labute approximate surface area is 155 Å². The van der Waals surface area contributed by atoms with Crippen molar-refractivity contribution < 1.29 is 19.0 Å². The zero-order valence-corrected chi connectivity index (χ0v) is 16.1. The number of benzene rings is 1. The first kappa shape index (κ1) is 19.3. The molecule has 4 nitrogen and oxygen atoms in total. The van der Waals surface area contributed by atoms with Gasteiger partial charge in [0, 0.05) is 18.5 Å². The van der Waals surface area contributed by atoms with Gasteiger partial charge in [-0.15, -0.1) is 0 Å². The smallest absolute Gasteiger partial charge is 0.316 e. The fourth-order valence-corrected chi connectivity index (χ4v) is 4.66. The summed E-state index contributed by atoms with van der Waals surface area (Å²) in [5, 5.41) is 14.8. The Balaban J connectivity index is 1.95. The number of carbonyl (C=O) groups excluding carboxylic acids is 1. The van der Waals surface area contributed by atoms with Gasteiger partial charge in [0.1, 0.15) is 11.6 Å². The van der Waals surface area contributed by atoms with Gasteiger partial charge in [-0.25, -0.2) is 4.39 Å². The Morgan fingerprint density at radius 1 is 1.35 bits per heavy atom. The molecule has 0 amide bonds. The van der Waals surface area contributed by atoms with Crippen LogP contribution >= 0.6 is 0 Å². The summed E-state index contributed by atoms with van der Waals surface area (Å²) in [7, 11) is 1.88. The summed E-state index contributed by atoms with van der Waals surface area (Å²) >= 11 is 0. The molecule has 1 aromatic carbocycles. The standard InChI is InChI=1S/C21H30FNO3/c1-20(2,3)19(24)26-17-9-15(8-16(22)10-17)21(25)11-13-5-6-14(7-13)18(21)12-23-4/h8-10,13-14,18,23,25H,5-7,11-12H2,1-4H3/t13-,14+,18+,21+/m1/s1. The minimum Gasteiger partial charge on any atom is -0.426 e. The Morgan fingerprint density at radius 2 is 2.08 bits per heavy atom. The lowest BCUT2D eigenvalue weighted by molar-refractivity contribution is -0.143. The Morgan fingerprint density at radius 3 is 2.73 bits per heavy atom. The first-order valence-electron chi connectivity index (χ1n) is 9.54. The van der Waals surface area contributed by atoms with Crippen molar-refractivity contribution in [2.24, 2.45) is 23.2 Å². The first-order valence-corrected chi connectivity index (χ1v) is 9.54. The Hall–Kier alpha value is -1.46. The van der Waals surface area contributed by atoms with Crippen LogP contribution in [-0.2, 0) is 10.4 Å². The number of halogens is 1. The van der Waals surface area contributed by atoms with Crippen molar-refractivity contribution in [2.75, 3.05) is 13.6 Å². The molecule has 3 rings (SSSR count). The summed E-state index contributed by atoms with van der Waals surface area (Å²) in [4.78, 5) is 12.2. The summed E-state index contributed by atoms with van der Waals surface area (Å²) in [5.41, 5.74) is -1.26. The van der Waals surface area contributed by atoms with Crippen LogP contribution in [0.25, 0.3) is 0 Å². The van der Waals surface area contributed by atoms with Crippen molar-refractivity contribution in [2.45, 2.75) is 52.1 Å². The van der Waals surface area contributed by atoms with Crippen LogP contribution in [-0.4, -0.2) is 24.7 Å². The number of esters is 1. The summed E-state index contributed by atoms with van der Waals surface area (Å²) in [6.45, 7) is 5.95. The molecule has 2 bridgehead atoms. The van der Waals surface area contributed by atoms with Crippen LogP contribution in [0.15, 0.2) is 18.2 Å². The van der Waals surface area contributed by atoms with Gasteiger partial charge in [0.25, 0.3) is 0 Å². The van der Waals surface area contributed by atoms with E-state index in [1.165, 1.54) is 12.1 Å². The predicted octanol–water partition coefficient (Wildman–Crippen LogP) is 3.62. The van der Waals surface area contributed by atoms with Gasteiger partial charge in [-0.2, -0.15) is 0 Å². The molecule has 0 aromatic heterocycles. The van der Waals surface area contributed by atoms with E-state index in [4.69, 9.17) is 4.74 Å². The van der Waals surface area contributed by atoms with Crippen molar-refractivity contribution in [3.8, 4) is 5.75 Å². The molecule has 2 aliphatic carbocycles. The normalized spacial score (nSPS) is 31.1. The van der Waals surface area contributed by atoms with Gasteiger partial charge >= 0.3 is 5.97 Å². The third-order valence-electron chi connectivity index (χ3n) is 5.98. The molecule has 5 heteroatoms. The molecule has 0 unspecified atom stereocenters. The molecule has 144 valence electrons. The molecular formula is C21H30FNO3. The summed E-state index contributed by atoms with van der Waals surface area (Å²) < 4.78 is 19.7. The average Bonchev–Trinajstić information content (AvgIpc) is 2.93. The molecule has 26 heavy (non-hydrogen) atoms. The highest BCUT2D eigenvalue weighted by molar-refractivity contribution is 5.77. The van der Waals surface area contributed by atoms with Crippen LogP contribution in [0.4, 0.5) is 4.39 Å². The molecule has 4 atom stereocenters. The second-order valence-electron chi connectivity index (χ2n) is 9.05. The zero-order valence-electron chi connectivity index (χ0n) is 16.1. The fraction of sp³-hybridized carbons (Fsp3) is 0.667. The van der Waals surface area contributed by atoms with E-state index in [1.807, 2.05) is 7.05 Å². The molecule has 0 aliphatic heterocycles. The number of nitrogens with one attached hydrogen (secondary N) is 1. The zero-order chi connectivity index (χ0) is 19.1.